The molecule has 0 bridgehead atoms. The van der Waals surface area contributed by atoms with Crippen LogP contribution in [0.3, 0.4) is 0 Å². The van der Waals surface area contributed by atoms with Gasteiger partial charge in [0.25, 0.3) is 0 Å². The minimum atomic E-state index is -6.00. The van der Waals surface area contributed by atoms with Crippen molar-refractivity contribution in [3.63, 3.8) is 0 Å². The van der Waals surface area contributed by atoms with Gasteiger partial charge in [-0.05, 0) is 0 Å². The van der Waals surface area contributed by atoms with E-state index in [2.05, 4.69) is 0 Å². The maximum atomic E-state index is 12.3. The van der Waals surface area contributed by atoms with Gasteiger partial charge in [0.05, 0.1) is 0 Å². The molecule has 26 heavy (non-hydrogen) atoms. The SMILES string of the molecule is F[B-](F)(F)F.O=[S+]C(c1ccccc1)(c1ccccc1)c1ccccc1. The number of halogens is 4. The quantitative estimate of drug-likeness (QED) is 0.246. The lowest BCUT2D eigenvalue weighted by Gasteiger charge is -2.19. The van der Waals surface area contributed by atoms with Gasteiger partial charge in [-0.25, -0.2) is 0 Å². The third kappa shape index (κ3) is 4.99. The highest BCUT2D eigenvalue weighted by Crippen LogP contribution is 2.38. The van der Waals surface area contributed by atoms with Gasteiger partial charge >= 0.3 is 23.7 Å². The van der Waals surface area contributed by atoms with Crippen LogP contribution in [0.5, 0.6) is 0 Å². The molecule has 0 fully saturated rings. The Labute approximate surface area is 153 Å². The first-order chi connectivity index (χ1) is 12.4. The number of hydrogen-bond acceptors (Lipinski definition) is 1. The van der Waals surface area contributed by atoms with Crippen LogP contribution < -0.4 is 0 Å². The van der Waals surface area contributed by atoms with E-state index in [-0.39, 0.29) is 0 Å². The van der Waals surface area contributed by atoms with Gasteiger partial charge in [-0.1, -0.05) is 91.0 Å². The predicted molar refractivity (Wildman–Crippen MR) is 97.4 cm³/mol. The van der Waals surface area contributed by atoms with Crippen molar-refractivity contribution in [3.8, 4) is 0 Å². The molecule has 7 heteroatoms. The van der Waals surface area contributed by atoms with Crippen LogP contribution in [0, 0.1) is 0 Å². The second-order valence-electron chi connectivity index (χ2n) is 5.36. The standard InChI is InChI=1S/C19H15OS.BF4/c20-21-19(16-10-4-1-5-11-16,17-12-6-2-7-13-17)18-14-8-3-9-15-18;2-1(3,4)5/h1-15H;/q+1;-1. The van der Waals surface area contributed by atoms with E-state index in [0.29, 0.717) is 11.7 Å². The van der Waals surface area contributed by atoms with E-state index < -0.39 is 12.0 Å². The lowest BCUT2D eigenvalue weighted by Crippen LogP contribution is -2.28. The van der Waals surface area contributed by atoms with Crippen molar-refractivity contribution in [1.29, 1.82) is 0 Å². The minimum absolute atomic E-state index is 0.627. The molecule has 0 aliphatic carbocycles. The smallest absolute Gasteiger partial charge is 0.418 e. The summed E-state index contributed by atoms with van der Waals surface area (Å²) in [7, 11) is -6.00. The van der Waals surface area contributed by atoms with Crippen LogP contribution in [0.15, 0.2) is 91.0 Å². The molecule has 0 atom stereocenters. The fourth-order valence-electron chi connectivity index (χ4n) is 2.66. The molecule has 134 valence electrons. The molecule has 0 amide bonds. The molecule has 0 unspecified atom stereocenters. The molecule has 0 aromatic heterocycles. The van der Waals surface area contributed by atoms with Crippen LogP contribution in [0.2, 0.25) is 0 Å². The number of benzene rings is 3. The first-order valence-electron chi connectivity index (χ1n) is 7.73. The third-order valence-electron chi connectivity index (χ3n) is 3.67. The number of rotatable bonds is 4. The van der Waals surface area contributed by atoms with Crippen molar-refractivity contribution < 1.29 is 21.5 Å². The highest BCUT2D eigenvalue weighted by atomic mass is 32.1. The molecular formula is C19H15BF4OS. The topological polar surface area (TPSA) is 17.1 Å². The summed E-state index contributed by atoms with van der Waals surface area (Å²) in [6.45, 7) is 0. The van der Waals surface area contributed by atoms with Gasteiger partial charge < -0.3 is 17.3 Å². The molecule has 0 saturated heterocycles. The zero-order valence-corrected chi connectivity index (χ0v) is 14.4. The summed E-state index contributed by atoms with van der Waals surface area (Å²) in [4.78, 5) is 0. The second kappa shape index (κ2) is 8.71. The summed E-state index contributed by atoms with van der Waals surface area (Å²) in [6.07, 6.45) is 0. The summed E-state index contributed by atoms with van der Waals surface area (Å²) >= 11 is 0.627. The molecule has 0 radical (unpaired) electrons. The van der Waals surface area contributed by atoms with Gasteiger partial charge in [0, 0.05) is 20.9 Å². The summed E-state index contributed by atoms with van der Waals surface area (Å²) < 4.78 is 50.6. The van der Waals surface area contributed by atoms with Gasteiger partial charge in [0.1, 0.15) is 0 Å². The Morgan fingerprint density at radius 1 is 0.577 bits per heavy atom. The van der Waals surface area contributed by atoms with Crippen LogP contribution >= 0.6 is 0 Å². The summed E-state index contributed by atoms with van der Waals surface area (Å²) in [5, 5.41) is 0. The summed E-state index contributed by atoms with van der Waals surface area (Å²) in [5.41, 5.74) is 3.01. The van der Waals surface area contributed by atoms with Crippen molar-refractivity contribution in [1.82, 2.24) is 0 Å². The van der Waals surface area contributed by atoms with Crippen LogP contribution in [-0.4, -0.2) is 7.25 Å². The molecule has 0 N–H and O–H groups in total. The van der Waals surface area contributed by atoms with Crippen molar-refractivity contribution in [3.05, 3.63) is 108 Å². The molecule has 0 aliphatic heterocycles. The Bertz CT molecular complexity index is 709. The van der Waals surface area contributed by atoms with E-state index >= 15 is 0 Å². The van der Waals surface area contributed by atoms with Crippen molar-refractivity contribution in [2.45, 2.75) is 4.75 Å². The highest BCUT2D eigenvalue weighted by molar-refractivity contribution is 7.67. The summed E-state index contributed by atoms with van der Waals surface area (Å²) in [6, 6.07) is 29.9. The van der Waals surface area contributed by atoms with Gasteiger partial charge in [-0.3, -0.25) is 0 Å². The second-order valence-corrected chi connectivity index (χ2v) is 6.14. The molecule has 0 aliphatic rings. The van der Waals surface area contributed by atoms with E-state index in [0.717, 1.165) is 16.7 Å². The fourth-order valence-corrected chi connectivity index (χ4v) is 3.36. The molecule has 0 heterocycles. The zero-order valence-electron chi connectivity index (χ0n) is 13.6. The highest BCUT2D eigenvalue weighted by Gasteiger charge is 2.50. The van der Waals surface area contributed by atoms with E-state index in [4.69, 9.17) is 0 Å². The molecule has 0 spiro atoms. The van der Waals surface area contributed by atoms with Crippen molar-refractivity contribution in [2.24, 2.45) is 0 Å². The maximum absolute atomic E-state index is 12.3. The Balaban J connectivity index is 0.000000431. The average molecular weight is 378 g/mol. The molecule has 3 aromatic rings. The van der Waals surface area contributed by atoms with E-state index in [1.165, 1.54) is 0 Å². The predicted octanol–water partition coefficient (Wildman–Crippen LogP) is 5.71. The third-order valence-corrected chi connectivity index (χ3v) is 4.62. The van der Waals surface area contributed by atoms with Crippen molar-refractivity contribution in [2.75, 3.05) is 0 Å². The summed E-state index contributed by atoms with van der Waals surface area (Å²) in [5.74, 6) is 0. The van der Waals surface area contributed by atoms with E-state index in [1.54, 1.807) is 0 Å². The van der Waals surface area contributed by atoms with Crippen LogP contribution in [0.1, 0.15) is 16.7 Å². The molecule has 0 saturated carbocycles. The first kappa shape index (κ1) is 19.8. The molecular weight excluding hydrogens is 363 g/mol. The fraction of sp³-hybridized carbons (Fsp3) is 0.0526. The molecule has 3 rings (SSSR count). The minimum Gasteiger partial charge on any atom is -0.418 e. The molecule has 3 aromatic carbocycles. The first-order valence-corrected chi connectivity index (χ1v) is 8.47. The van der Waals surface area contributed by atoms with Gasteiger partial charge in [0.2, 0.25) is 0 Å². The zero-order chi connectivity index (χ0) is 19.0. The Kier molecular flexibility index (Phi) is 6.63. The Morgan fingerprint density at radius 2 is 0.808 bits per heavy atom. The van der Waals surface area contributed by atoms with E-state index in [1.807, 2.05) is 91.0 Å². The van der Waals surface area contributed by atoms with Gasteiger partial charge in [-0.2, -0.15) is 0 Å². The van der Waals surface area contributed by atoms with Crippen LogP contribution in [-0.2, 0) is 20.6 Å². The average Bonchev–Trinajstić information content (AvgIpc) is 2.64. The van der Waals surface area contributed by atoms with Gasteiger partial charge in [-0.15, -0.1) is 0 Å². The van der Waals surface area contributed by atoms with Crippen molar-refractivity contribution >= 4 is 18.9 Å². The lowest BCUT2D eigenvalue weighted by molar-refractivity contribution is 0.368. The normalized spacial score (nSPS) is 11.2. The monoisotopic (exact) mass is 378 g/mol. The number of hydrogen-bond donors (Lipinski definition) is 0. The largest absolute Gasteiger partial charge is 0.673 e. The Hall–Kier alpha value is -2.54. The maximum Gasteiger partial charge on any atom is 0.673 e. The van der Waals surface area contributed by atoms with Crippen LogP contribution in [0.25, 0.3) is 0 Å². The molecule has 1 nitrogen and oxygen atoms in total. The van der Waals surface area contributed by atoms with E-state index in [9.17, 15) is 21.5 Å². The Morgan fingerprint density at radius 3 is 1.00 bits per heavy atom. The van der Waals surface area contributed by atoms with Crippen LogP contribution in [0.4, 0.5) is 17.3 Å². The van der Waals surface area contributed by atoms with Gasteiger partial charge in [0.15, 0.2) is 0 Å². The lowest BCUT2D eigenvalue weighted by atomic mass is 9.84.